The monoisotopic (exact) mass is 388 g/mol. The highest BCUT2D eigenvalue weighted by atomic mass is 35.5. The molecule has 0 radical (unpaired) electrons. The van der Waals surface area contributed by atoms with Crippen LogP contribution in [0.25, 0.3) is 0 Å². The molecule has 1 amide bonds. The first-order chi connectivity index (χ1) is 13.2. The lowest BCUT2D eigenvalue weighted by Gasteiger charge is -2.28. The molecule has 1 aliphatic rings. The number of nitrogens with zero attached hydrogens (tertiary/aromatic N) is 1. The molecule has 1 heterocycles. The Kier molecular flexibility index (Phi) is 6.96. The van der Waals surface area contributed by atoms with Crippen LogP contribution in [0, 0.1) is 0 Å². The van der Waals surface area contributed by atoms with Gasteiger partial charge < -0.3 is 14.8 Å². The summed E-state index contributed by atoms with van der Waals surface area (Å²) in [5.74, 6) is 1.27. The van der Waals surface area contributed by atoms with Crippen molar-refractivity contribution >= 4 is 17.5 Å². The molecule has 1 N–H and O–H groups in total. The lowest BCUT2D eigenvalue weighted by molar-refractivity contribution is -0.123. The zero-order chi connectivity index (χ0) is 19.1. The van der Waals surface area contributed by atoms with Crippen LogP contribution in [-0.2, 0) is 4.79 Å². The number of benzene rings is 2. The Labute approximate surface area is 165 Å². The molecular weight excluding hydrogens is 364 g/mol. The Balaban J connectivity index is 1.57. The molecule has 0 saturated carbocycles. The second-order valence-electron chi connectivity index (χ2n) is 6.58. The van der Waals surface area contributed by atoms with E-state index < -0.39 is 0 Å². The number of hydrogen-bond acceptors (Lipinski definition) is 4. The maximum Gasteiger partial charge on any atom is 0.258 e. The molecule has 0 spiro atoms. The molecule has 1 aliphatic heterocycles. The molecule has 0 aromatic heterocycles. The van der Waals surface area contributed by atoms with Crippen LogP contribution in [0.3, 0.4) is 0 Å². The van der Waals surface area contributed by atoms with Gasteiger partial charge in [0, 0.05) is 11.6 Å². The van der Waals surface area contributed by atoms with E-state index in [1.165, 1.54) is 18.4 Å². The molecule has 27 heavy (non-hydrogen) atoms. The quantitative estimate of drug-likeness (QED) is 0.749. The minimum atomic E-state index is -0.146. The lowest BCUT2D eigenvalue weighted by Crippen LogP contribution is -2.38. The Morgan fingerprint density at radius 1 is 1.15 bits per heavy atom. The third-order valence-corrected chi connectivity index (χ3v) is 4.98. The largest absolute Gasteiger partial charge is 0.497 e. The average molecular weight is 389 g/mol. The molecule has 0 bridgehead atoms. The maximum atomic E-state index is 12.2. The fraction of sp³-hybridized carbons (Fsp3) is 0.381. The second kappa shape index (κ2) is 9.62. The fourth-order valence-corrected chi connectivity index (χ4v) is 3.48. The lowest BCUT2D eigenvalue weighted by atomic mass is 10.1. The van der Waals surface area contributed by atoms with Crippen molar-refractivity contribution in [2.24, 2.45) is 0 Å². The van der Waals surface area contributed by atoms with Crippen LogP contribution in [0.1, 0.15) is 24.4 Å². The first-order valence-corrected chi connectivity index (χ1v) is 9.56. The van der Waals surface area contributed by atoms with E-state index in [9.17, 15) is 4.79 Å². The highest BCUT2D eigenvalue weighted by molar-refractivity contribution is 6.30. The zero-order valence-corrected chi connectivity index (χ0v) is 16.2. The van der Waals surface area contributed by atoms with Crippen LogP contribution < -0.4 is 14.8 Å². The van der Waals surface area contributed by atoms with Crippen molar-refractivity contribution in [2.45, 2.75) is 18.9 Å². The summed E-state index contributed by atoms with van der Waals surface area (Å²) in [5, 5.41) is 3.59. The highest BCUT2D eigenvalue weighted by Gasteiger charge is 2.24. The van der Waals surface area contributed by atoms with Crippen molar-refractivity contribution in [3.8, 4) is 11.5 Å². The van der Waals surface area contributed by atoms with Crippen LogP contribution in [0.4, 0.5) is 0 Å². The van der Waals surface area contributed by atoms with Gasteiger partial charge in [-0.1, -0.05) is 29.8 Å². The number of nitrogens with one attached hydrogen (secondary N) is 1. The number of ether oxygens (including phenoxy) is 2. The molecule has 0 aliphatic carbocycles. The average Bonchev–Trinajstić information content (AvgIpc) is 3.21. The third-order valence-electron chi connectivity index (χ3n) is 4.74. The summed E-state index contributed by atoms with van der Waals surface area (Å²) in [7, 11) is 1.66. The SMILES string of the molecule is COc1ccc(C(CNC(=O)COc2cccc(Cl)c2)N2CCCC2)cc1. The Hall–Kier alpha value is -2.24. The van der Waals surface area contributed by atoms with Gasteiger partial charge in [-0.15, -0.1) is 0 Å². The van der Waals surface area contributed by atoms with Gasteiger partial charge in [-0.25, -0.2) is 0 Å². The number of halogens is 1. The molecule has 144 valence electrons. The first kappa shape index (κ1) is 19.5. The van der Waals surface area contributed by atoms with E-state index in [1.807, 2.05) is 12.1 Å². The second-order valence-corrected chi connectivity index (χ2v) is 7.02. The summed E-state index contributed by atoms with van der Waals surface area (Å²) < 4.78 is 10.8. The van der Waals surface area contributed by atoms with E-state index in [-0.39, 0.29) is 18.6 Å². The Morgan fingerprint density at radius 3 is 2.56 bits per heavy atom. The van der Waals surface area contributed by atoms with Crippen LogP contribution in [0.15, 0.2) is 48.5 Å². The summed E-state index contributed by atoms with van der Waals surface area (Å²) in [6.45, 7) is 2.61. The number of likely N-dealkylation sites (tertiary alicyclic amines) is 1. The van der Waals surface area contributed by atoms with Crippen molar-refractivity contribution in [3.05, 3.63) is 59.1 Å². The standard InChI is InChI=1S/C21H25ClN2O3/c1-26-18-9-7-16(8-10-18)20(24-11-2-3-12-24)14-23-21(25)15-27-19-6-4-5-17(22)13-19/h4-10,13,20H,2-3,11-12,14-15H2,1H3,(H,23,25). The molecule has 1 atom stereocenters. The van der Waals surface area contributed by atoms with Gasteiger partial charge in [-0.3, -0.25) is 9.69 Å². The highest BCUT2D eigenvalue weighted by Crippen LogP contribution is 2.26. The number of rotatable bonds is 8. The molecule has 3 rings (SSSR count). The number of carbonyl (C=O) groups is 1. The van der Waals surface area contributed by atoms with E-state index in [2.05, 4.69) is 22.3 Å². The van der Waals surface area contributed by atoms with Gasteiger partial charge >= 0.3 is 0 Å². The maximum absolute atomic E-state index is 12.2. The van der Waals surface area contributed by atoms with Crippen molar-refractivity contribution in [1.82, 2.24) is 10.2 Å². The van der Waals surface area contributed by atoms with Crippen molar-refractivity contribution < 1.29 is 14.3 Å². The number of methoxy groups -OCH3 is 1. The van der Waals surface area contributed by atoms with Crippen molar-refractivity contribution in [3.63, 3.8) is 0 Å². The van der Waals surface area contributed by atoms with Gasteiger partial charge in [0.15, 0.2) is 6.61 Å². The van der Waals surface area contributed by atoms with Gasteiger partial charge in [-0.2, -0.15) is 0 Å². The van der Waals surface area contributed by atoms with E-state index >= 15 is 0 Å². The minimum absolute atomic E-state index is 0.0321. The minimum Gasteiger partial charge on any atom is -0.497 e. The Bertz CT molecular complexity index is 745. The first-order valence-electron chi connectivity index (χ1n) is 9.19. The number of amides is 1. The van der Waals surface area contributed by atoms with Crippen LogP contribution in [0.5, 0.6) is 11.5 Å². The topological polar surface area (TPSA) is 50.8 Å². The number of hydrogen-bond donors (Lipinski definition) is 1. The summed E-state index contributed by atoms with van der Waals surface area (Å²) >= 11 is 5.93. The van der Waals surface area contributed by atoms with Crippen LogP contribution in [0.2, 0.25) is 5.02 Å². The summed E-state index contributed by atoms with van der Waals surface area (Å²) in [5.41, 5.74) is 1.17. The van der Waals surface area contributed by atoms with Gasteiger partial charge in [0.25, 0.3) is 5.91 Å². The summed E-state index contributed by atoms with van der Waals surface area (Å²) in [6.07, 6.45) is 2.39. The Morgan fingerprint density at radius 2 is 1.89 bits per heavy atom. The normalized spacial score (nSPS) is 15.3. The van der Waals surface area contributed by atoms with Gasteiger partial charge in [-0.05, 0) is 61.8 Å². The predicted molar refractivity (Wildman–Crippen MR) is 106 cm³/mol. The predicted octanol–water partition coefficient (Wildman–Crippen LogP) is 3.68. The van der Waals surface area contributed by atoms with Crippen LogP contribution >= 0.6 is 11.6 Å². The molecule has 5 nitrogen and oxygen atoms in total. The molecule has 1 saturated heterocycles. The van der Waals surface area contributed by atoms with Crippen LogP contribution in [-0.4, -0.2) is 44.2 Å². The van der Waals surface area contributed by atoms with E-state index in [0.717, 1.165) is 18.8 Å². The van der Waals surface area contributed by atoms with Crippen molar-refractivity contribution in [2.75, 3.05) is 33.4 Å². The fourth-order valence-electron chi connectivity index (χ4n) is 3.30. The smallest absolute Gasteiger partial charge is 0.258 e. The summed E-state index contributed by atoms with van der Waals surface area (Å²) in [4.78, 5) is 14.7. The van der Waals surface area contributed by atoms with E-state index in [1.54, 1.807) is 31.4 Å². The number of carbonyl (C=O) groups excluding carboxylic acids is 1. The van der Waals surface area contributed by atoms with Gasteiger partial charge in [0.05, 0.1) is 13.2 Å². The van der Waals surface area contributed by atoms with Crippen molar-refractivity contribution in [1.29, 1.82) is 0 Å². The summed E-state index contributed by atoms with van der Waals surface area (Å²) in [6, 6.07) is 15.2. The van der Waals surface area contributed by atoms with Gasteiger partial charge in [0.1, 0.15) is 11.5 Å². The molecule has 1 fully saturated rings. The van der Waals surface area contributed by atoms with E-state index in [4.69, 9.17) is 21.1 Å². The third kappa shape index (κ3) is 5.62. The molecule has 6 heteroatoms. The molecule has 2 aromatic rings. The molecule has 2 aromatic carbocycles. The zero-order valence-electron chi connectivity index (χ0n) is 15.5. The molecular formula is C21H25ClN2O3. The van der Waals surface area contributed by atoms with Gasteiger partial charge in [0.2, 0.25) is 0 Å². The van der Waals surface area contributed by atoms with E-state index in [0.29, 0.717) is 17.3 Å². The molecule has 1 unspecified atom stereocenters.